The van der Waals surface area contributed by atoms with Crippen LogP contribution < -0.4 is 15.8 Å². The first-order valence-electron chi connectivity index (χ1n) is 9.49. The molecule has 0 saturated carbocycles. The van der Waals surface area contributed by atoms with Gasteiger partial charge in [-0.1, -0.05) is 12.1 Å². The molecule has 0 spiro atoms. The molecule has 2 aromatic carbocycles. The number of hydrogen-bond donors (Lipinski definition) is 2. The fourth-order valence-corrected chi connectivity index (χ4v) is 4.11. The smallest absolute Gasteiger partial charge is 0.264 e. The molecule has 32 heavy (non-hydrogen) atoms. The summed E-state index contributed by atoms with van der Waals surface area (Å²) < 4.78 is 42.4. The predicted octanol–water partition coefficient (Wildman–Crippen LogP) is 1.91. The normalized spacial score (nSPS) is 13.5. The molecule has 0 aliphatic rings. The lowest BCUT2D eigenvalue weighted by atomic mass is 10.0. The maximum Gasteiger partial charge on any atom is 0.264 e. The lowest BCUT2D eigenvalue weighted by Crippen LogP contribution is -2.50. The molecule has 0 saturated heterocycles. The van der Waals surface area contributed by atoms with Crippen LogP contribution in [0.2, 0.25) is 0 Å². The van der Waals surface area contributed by atoms with Gasteiger partial charge in [0.1, 0.15) is 0 Å². The van der Waals surface area contributed by atoms with Crippen LogP contribution in [0.3, 0.4) is 0 Å². The standard InChI is InChI=1S/C21H22FN3O6S/c1-21(20(27)24-28,32(3,29)30)8-9-25-12-23-17-11-14(4-6-15(17)19(25)26)13-5-7-18(31-2)16(22)10-13/h4-7,10-12,28H,8-9H2,1-3H3,(H,24,27). The van der Waals surface area contributed by atoms with Gasteiger partial charge in [-0.15, -0.1) is 0 Å². The van der Waals surface area contributed by atoms with Gasteiger partial charge in [-0.05, 0) is 48.7 Å². The number of carbonyl (C=O) groups excluding carboxylic acids is 1. The molecule has 1 aromatic heterocycles. The van der Waals surface area contributed by atoms with Crippen LogP contribution in [0.25, 0.3) is 22.0 Å². The van der Waals surface area contributed by atoms with Crippen molar-refractivity contribution in [3.05, 3.63) is 58.9 Å². The number of sulfone groups is 1. The van der Waals surface area contributed by atoms with E-state index in [0.29, 0.717) is 16.6 Å². The SMILES string of the molecule is COc1ccc(-c2ccc3c(=O)n(CCC(C)(C(=O)NO)S(C)(=O)=O)cnc3c2)cc1F. The van der Waals surface area contributed by atoms with E-state index in [1.165, 1.54) is 42.5 Å². The molecule has 1 unspecified atom stereocenters. The van der Waals surface area contributed by atoms with E-state index in [9.17, 15) is 22.4 Å². The van der Waals surface area contributed by atoms with E-state index in [2.05, 4.69) is 4.98 Å². The van der Waals surface area contributed by atoms with E-state index in [1.54, 1.807) is 24.3 Å². The number of aryl methyl sites for hydroxylation is 1. The van der Waals surface area contributed by atoms with Crippen LogP contribution in [-0.2, 0) is 21.2 Å². The summed E-state index contributed by atoms with van der Waals surface area (Å²) in [6.07, 6.45) is 1.88. The van der Waals surface area contributed by atoms with E-state index in [1.807, 2.05) is 0 Å². The van der Waals surface area contributed by atoms with E-state index >= 15 is 0 Å². The second-order valence-corrected chi connectivity index (χ2v) is 9.96. The average molecular weight is 463 g/mol. The van der Waals surface area contributed by atoms with Crippen LogP contribution in [-0.4, -0.2) is 47.2 Å². The van der Waals surface area contributed by atoms with Gasteiger partial charge in [0.05, 0.1) is 24.3 Å². The van der Waals surface area contributed by atoms with Gasteiger partial charge in [-0.25, -0.2) is 23.3 Å². The average Bonchev–Trinajstić information content (AvgIpc) is 2.76. The van der Waals surface area contributed by atoms with E-state index in [-0.39, 0.29) is 24.1 Å². The van der Waals surface area contributed by atoms with Gasteiger partial charge in [-0.3, -0.25) is 19.4 Å². The van der Waals surface area contributed by atoms with Gasteiger partial charge < -0.3 is 4.74 Å². The van der Waals surface area contributed by atoms with Gasteiger partial charge in [0.2, 0.25) is 0 Å². The lowest BCUT2D eigenvalue weighted by molar-refractivity contribution is -0.131. The first-order chi connectivity index (χ1) is 15.0. The number of halogens is 1. The van der Waals surface area contributed by atoms with Crippen molar-refractivity contribution < 1.29 is 27.5 Å². The van der Waals surface area contributed by atoms with E-state index < -0.39 is 31.9 Å². The second kappa shape index (κ2) is 8.67. The Bertz CT molecular complexity index is 1360. The summed E-state index contributed by atoms with van der Waals surface area (Å²) in [6, 6.07) is 9.34. The molecule has 0 radical (unpaired) electrons. The summed E-state index contributed by atoms with van der Waals surface area (Å²) in [4.78, 5) is 29.1. The number of methoxy groups -OCH3 is 1. The van der Waals surface area contributed by atoms with Crippen LogP contribution in [0.4, 0.5) is 4.39 Å². The number of carbonyl (C=O) groups is 1. The van der Waals surface area contributed by atoms with E-state index in [0.717, 1.165) is 6.26 Å². The largest absolute Gasteiger partial charge is 0.494 e. The predicted molar refractivity (Wildman–Crippen MR) is 116 cm³/mol. The molecule has 0 fully saturated rings. The maximum absolute atomic E-state index is 14.0. The highest BCUT2D eigenvalue weighted by molar-refractivity contribution is 7.92. The lowest BCUT2D eigenvalue weighted by Gasteiger charge is -2.25. The molecule has 170 valence electrons. The highest BCUT2D eigenvalue weighted by atomic mass is 32.2. The minimum absolute atomic E-state index is 0.117. The molecule has 0 aliphatic carbocycles. The number of rotatable bonds is 7. The Kier molecular flexibility index (Phi) is 6.33. The molecule has 3 aromatic rings. The van der Waals surface area contributed by atoms with Crippen molar-refractivity contribution in [2.24, 2.45) is 0 Å². The minimum Gasteiger partial charge on any atom is -0.494 e. The number of aromatic nitrogens is 2. The highest BCUT2D eigenvalue weighted by Gasteiger charge is 2.43. The third-order valence-electron chi connectivity index (χ3n) is 5.54. The first kappa shape index (κ1) is 23.4. The van der Waals surface area contributed by atoms with Crippen LogP contribution in [0.5, 0.6) is 5.75 Å². The first-order valence-corrected chi connectivity index (χ1v) is 11.4. The molecule has 9 nitrogen and oxygen atoms in total. The van der Waals surface area contributed by atoms with Gasteiger partial charge in [0, 0.05) is 12.8 Å². The Morgan fingerprint density at radius 1 is 1.25 bits per heavy atom. The summed E-state index contributed by atoms with van der Waals surface area (Å²) >= 11 is 0. The number of nitrogens with zero attached hydrogens (tertiary/aromatic N) is 2. The minimum atomic E-state index is -3.89. The molecular formula is C21H22FN3O6S. The molecule has 3 rings (SSSR count). The molecule has 1 heterocycles. The van der Waals surface area contributed by atoms with Gasteiger partial charge in [-0.2, -0.15) is 0 Å². The zero-order valence-electron chi connectivity index (χ0n) is 17.6. The van der Waals surface area contributed by atoms with Crippen LogP contribution in [0.1, 0.15) is 13.3 Å². The number of ether oxygens (including phenoxy) is 1. The number of benzene rings is 2. The van der Waals surface area contributed by atoms with Gasteiger partial charge >= 0.3 is 0 Å². The number of fused-ring (bicyclic) bond motifs is 1. The van der Waals surface area contributed by atoms with Crippen LogP contribution >= 0.6 is 0 Å². The Hall–Kier alpha value is -3.31. The fraction of sp³-hybridized carbons (Fsp3) is 0.286. The number of hydrogen-bond acceptors (Lipinski definition) is 7. The van der Waals surface area contributed by atoms with Gasteiger partial charge in [0.25, 0.3) is 11.5 Å². The maximum atomic E-state index is 14.0. The van der Waals surface area contributed by atoms with Crippen molar-refractivity contribution in [3.63, 3.8) is 0 Å². The summed E-state index contributed by atoms with van der Waals surface area (Å²) in [6.45, 7) is 1.05. The van der Waals surface area contributed by atoms with Crippen molar-refractivity contribution in [1.29, 1.82) is 0 Å². The monoisotopic (exact) mass is 463 g/mol. The number of amides is 1. The van der Waals surface area contributed by atoms with Crippen LogP contribution in [0.15, 0.2) is 47.5 Å². The number of hydroxylamine groups is 1. The van der Waals surface area contributed by atoms with E-state index in [4.69, 9.17) is 9.94 Å². The summed E-state index contributed by atoms with van der Waals surface area (Å²) in [5, 5.41) is 9.19. The quantitative estimate of drug-likeness (QED) is 0.405. The van der Waals surface area contributed by atoms with Crippen molar-refractivity contribution in [2.75, 3.05) is 13.4 Å². The zero-order chi connectivity index (χ0) is 23.7. The molecular weight excluding hydrogens is 441 g/mol. The molecule has 0 aliphatic heterocycles. The third-order valence-corrected chi connectivity index (χ3v) is 7.57. The van der Waals surface area contributed by atoms with Gasteiger partial charge in [0.15, 0.2) is 26.2 Å². The molecule has 1 amide bonds. The number of nitrogens with one attached hydrogen (secondary N) is 1. The Labute approximate surface area is 183 Å². The van der Waals surface area contributed by atoms with Crippen molar-refractivity contribution in [3.8, 4) is 16.9 Å². The molecule has 2 N–H and O–H groups in total. The Balaban J connectivity index is 1.94. The van der Waals surface area contributed by atoms with Crippen molar-refractivity contribution in [2.45, 2.75) is 24.6 Å². The second-order valence-electron chi connectivity index (χ2n) is 7.52. The fourth-order valence-electron chi connectivity index (χ4n) is 3.26. The summed E-state index contributed by atoms with van der Waals surface area (Å²) in [7, 11) is -2.52. The zero-order valence-corrected chi connectivity index (χ0v) is 18.4. The molecule has 1 atom stereocenters. The molecule has 11 heteroatoms. The molecule has 0 bridgehead atoms. The highest BCUT2D eigenvalue weighted by Crippen LogP contribution is 2.27. The van der Waals surface area contributed by atoms with Crippen molar-refractivity contribution in [1.82, 2.24) is 15.0 Å². The van der Waals surface area contributed by atoms with Crippen LogP contribution in [0, 0.1) is 5.82 Å². The third kappa shape index (κ3) is 4.21. The topological polar surface area (TPSA) is 128 Å². The summed E-state index contributed by atoms with van der Waals surface area (Å²) in [5.41, 5.74) is 2.54. The van der Waals surface area contributed by atoms with Crippen molar-refractivity contribution >= 4 is 26.6 Å². The Morgan fingerprint density at radius 2 is 1.91 bits per heavy atom. The Morgan fingerprint density at radius 3 is 2.50 bits per heavy atom. The summed E-state index contributed by atoms with van der Waals surface area (Å²) in [5.74, 6) is -1.49.